The van der Waals surface area contributed by atoms with Gasteiger partial charge in [-0.3, -0.25) is 14.3 Å². The van der Waals surface area contributed by atoms with Crippen LogP contribution >= 0.6 is 0 Å². The fourth-order valence-corrected chi connectivity index (χ4v) is 2.93. The summed E-state index contributed by atoms with van der Waals surface area (Å²) in [4.78, 5) is 41.6. The Balaban J connectivity index is 1.90. The van der Waals surface area contributed by atoms with E-state index in [-0.39, 0.29) is 27.4 Å². The lowest BCUT2D eigenvalue weighted by Gasteiger charge is -2.15. The molecule has 2 aromatic rings. The number of hydrogen-bond donors (Lipinski definition) is 1. The number of hydroxylamine groups is 2. The molecule has 0 fully saturated rings. The predicted molar refractivity (Wildman–Crippen MR) is 87.2 cm³/mol. The summed E-state index contributed by atoms with van der Waals surface area (Å²) in [6.07, 6.45) is 0.817. The Morgan fingerprint density at radius 1 is 1.08 bits per heavy atom. The van der Waals surface area contributed by atoms with Crippen LogP contribution in [0.2, 0.25) is 0 Å². The Labute approximate surface area is 147 Å². The molecule has 0 unspecified atom stereocenters. The lowest BCUT2D eigenvalue weighted by molar-refractivity contribution is -0.0583. The quantitative estimate of drug-likeness (QED) is 0.809. The Morgan fingerprint density at radius 2 is 1.65 bits per heavy atom. The molecular weight excluding hydrogens is 367 g/mol. The van der Waals surface area contributed by atoms with Gasteiger partial charge in [0.15, 0.2) is 0 Å². The van der Waals surface area contributed by atoms with Gasteiger partial charge in [0.1, 0.15) is 5.82 Å². The van der Waals surface area contributed by atoms with Crippen molar-refractivity contribution < 1.29 is 32.0 Å². The Morgan fingerprint density at radius 3 is 2.19 bits per heavy atom. The molecule has 0 saturated carbocycles. The predicted octanol–water partition coefficient (Wildman–Crippen LogP) is 1.57. The van der Waals surface area contributed by atoms with Crippen LogP contribution in [0.4, 0.5) is 10.1 Å². The van der Waals surface area contributed by atoms with Crippen LogP contribution in [0.3, 0.4) is 0 Å². The van der Waals surface area contributed by atoms with Crippen LogP contribution in [0, 0.1) is 5.82 Å². The topological polar surface area (TPSA) is 110 Å². The smallest absolute Gasteiger partial charge is 0.324 e. The van der Waals surface area contributed by atoms with Gasteiger partial charge < -0.3 is 4.84 Å². The highest BCUT2D eigenvalue weighted by molar-refractivity contribution is 7.92. The van der Waals surface area contributed by atoms with Gasteiger partial charge in [-0.2, -0.15) is 0 Å². The molecule has 8 nitrogen and oxygen atoms in total. The number of carbonyl (C=O) groups is 3. The highest BCUT2D eigenvalue weighted by atomic mass is 32.2. The second-order valence-electron chi connectivity index (χ2n) is 5.39. The molecule has 1 N–H and O–H groups in total. The highest BCUT2D eigenvalue weighted by Crippen LogP contribution is 2.25. The summed E-state index contributed by atoms with van der Waals surface area (Å²) in [5, 5.41) is 0.278. The largest absolute Gasteiger partial charge is 0.366 e. The van der Waals surface area contributed by atoms with Gasteiger partial charge in [0.05, 0.1) is 28.6 Å². The van der Waals surface area contributed by atoms with E-state index in [1.807, 2.05) is 4.72 Å². The van der Waals surface area contributed by atoms with E-state index >= 15 is 0 Å². The maximum Gasteiger partial charge on any atom is 0.366 e. The summed E-state index contributed by atoms with van der Waals surface area (Å²) < 4.78 is 38.1. The number of rotatable bonds is 4. The maximum atomic E-state index is 13.4. The van der Waals surface area contributed by atoms with Crippen molar-refractivity contribution >= 4 is 33.5 Å². The second kappa shape index (κ2) is 6.23. The van der Waals surface area contributed by atoms with E-state index in [9.17, 15) is 27.2 Å². The normalized spacial score (nSPS) is 13.5. The number of nitrogens with one attached hydrogen (secondary N) is 1. The number of carbonyl (C=O) groups excluding carboxylic acids is 3. The highest BCUT2D eigenvalue weighted by Gasteiger charge is 2.39. The van der Waals surface area contributed by atoms with Crippen molar-refractivity contribution in [3.63, 3.8) is 0 Å². The van der Waals surface area contributed by atoms with Gasteiger partial charge in [-0.05, 0) is 30.3 Å². The number of sulfonamides is 1. The molecule has 0 aromatic heterocycles. The van der Waals surface area contributed by atoms with Crippen molar-refractivity contribution in [3.05, 3.63) is 65.0 Å². The monoisotopic (exact) mass is 378 g/mol. The molecule has 1 heterocycles. The number of hydrogen-bond acceptors (Lipinski definition) is 6. The van der Waals surface area contributed by atoms with Crippen LogP contribution in [-0.2, 0) is 14.9 Å². The molecule has 134 valence electrons. The zero-order chi connectivity index (χ0) is 19.1. The number of anilines is 1. The van der Waals surface area contributed by atoms with Gasteiger partial charge in [-0.15, -0.1) is 0 Å². The first-order valence-corrected chi connectivity index (χ1v) is 9.04. The molecule has 0 bridgehead atoms. The summed E-state index contributed by atoms with van der Waals surface area (Å²) >= 11 is 0. The molecule has 0 atom stereocenters. The average Bonchev–Trinajstić information content (AvgIpc) is 2.79. The molecule has 2 aromatic carbocycles. The van der Waals surface area contributed by atoms with E-state index in [0.717, 1.165) is 24.5 Å². The van der Waals surface area contributed by atoms with Gasteiger partial charge in [0.25, 0.3) is 11.8 Å². The molecule has 0 aliphatic carbocycles. The summed E-state index contributed by atoms with van der Waals surface area (Å²) in [6, 6.07) is 8.55. The number of halogens is 1. The standard InChI is InChI=1S/C16H11FN2O6S/c1-26(23,24)18-13-8-9(17)6-7-12(13)16(22)25-19-14(20)10-4-2-3-5-11(10)15(19)21/h2-8,18H,1H3. The molecule has 1 aliphatic heterocycles. The third-order valence-corrected chi connectivity index (χ3v) is 4.02. The molecule has 1 aliphatic rings. The van der Waals surface area contributed by atoms with E-state index < -0.39 is 33.6 Å². The minimum absolute atomic E-state index is 0.0684. The van der Waals surface area contributed by atoms with Crippen molar-refractivity contribution in [3.8, 4) is 0 Å². The summed E-state index contributed by atoms with van der Waals surface area (Å²) in [5.41, 5.74) is -0.611. The van der Waals surface area contributed by atoms with Gasteiger partial charge in [-0.25, -0.2) is 17.6 Å². The molecule has 0 spiro atoms. The molecule has 0 radical (unpaired) electrons. The van der Waals surface area contributed by atoms with Gasteiger partial charge in [0.2, 0.25) is 10.0 Å². The van der Waals surface area contributed by atoms with Crippen LogP contribution in [0.25, 0.3) is 0 Å². The van der Waals surface area contributed by atoms with Crippen LogP contribution in [0.1, 0.15) is 31.1 Å². The van der Waals surface area contributed by atoms with Crippen LogP contribution in [0.15, 0.2) is 42.5 Å². The number of imide groups is 1. The first-order chi connectivity index (χ1) is 12.2. The Hall–Kier alpha value is -3.27. The van der Waals surface area contributed by atoms with Crippen molar-refractivity contribution in [2.45, 2.75) is 0 Å². The second-order valence-corrected chi connectivity index (χ2v) is 7.14. The fraction of sp³-hybridized carbons (Fsp3) is 0.0625. The van der Waals surface area contributed by atoms with Gasteiger partial charge in [0, 0.05) is 0 Å². The SMILES string of the molecule is CS(=O)(=O)Nc1cc(F)ccc1C(=O)ON1C(=O)c2ccccc2C1=O. The van der Waals surface area contributed by atoms with E-state index in [0.29, 0.717) is 0 Å². The number of benzene rings is 2. The summed E-state index contributed by atoms with van der Waals surface area (Å²) in [6.45, 7) is 0. The fourth-order valence-electron chi connectivity index (χ4n) is 2.36. The number of nitrogens with zero attached hydrogens (tertiary/aromatic N) is 1. The zero-order valence-corrected chi connectivity index (χ0v) is 14.0. The maximum absolute atomic E-state index is 13.4. The molecular formula is C16H11FN2O6S. The summed E-state index contributed by atoms with van der Waals surface area (Å²) in [7, 11) is -3.81. The molecule has 10 heteroatoms. The van der Waals surface area contributed by atoms with Crippen LogP contribution < -0.4 is 4.72 Å². The third kappa shape index (κ3) is 3.26. The summed E-state index contributed by atoms with van der Waals surface area (Å²) in [5.74, 6) is -3.67. The molecule has 3 rings (SSSR count). The van der Waals surface area contributed by atoms with Crippen molar-refractivity contribution in [2.75, 3.05) is 11.0 Å². The van der Waals surface area contributed by atoms with Crippen LogP contribution in [0.5, 0.6) is 0 Å². The van der Waals surface area contributed by atoms with E-state index in [1.165, 1.54) is 12.1 Å². The third-order valence-electron chi connectivity index (χ3n) is 3.43. The molecule has 2 amide bonds. The Kier molecular flexibility index (Phi) is 4.20. The first kappa shape index (κ1) is 17.5. The van der Waals surface area contributed by atoms with E-state index in [2.05, 4.69) is 0 Å². The van der Waals surface area contributed by atoms with Gasteiger partial charge in [-0.1, -0.05) is 17.2 Å². The van der Waals surface area contributed by atoms with Gasteiger partial charge >= 0.3 is 5.97 Å². The van der Waals surface area contributed by atoms with E-state index in [4.69, 9.17) is 4.84 Å². The van der Waals surface area contributed by atoms with Crippen molar-refractivity contribution in [1.29, 1.82) is 0 Å². The zero-order valence-electron chi connectivity index (χ0n) is 13.2. The number of fused-ring (bicyclic) bond motifs is 1. The first-order valence-electron chi connectivity index (χ1n) is 7.15. The van der Waals surface area contributed by atoms with E-state index in [1.54, 1.807) is 12.1 Å². The lowest BCUT2D eigenvalue weighted by Crippen LogP contribution is -2.33. The lowest BCUT2D eigenvalue weighted by atomic mass is 10.1. The molecule has 0 saturated heterocycles. The minimum Gasteiger partial charge on any atom is -0.324 e. The Bertz CT molecular complexity index is 1020. The number of amides is 2. The average molecular weight is 378 g/mol. The van der Waals surface area contributed by atoms with Crippen molar-refractivity contribution in [1.82, 2.24) is 5.06 Å². The van der Waals surface area contributed by atoms with Crippen LogP contribution in [-0.4, -0.2) is 37.5 Å². The molecule has 26 heavy (non-hydrogen) atoms. The minimum atomic E-state index is -3.81. The van der Waals surface area contributed by atoms with Crippen molar-refractivity contribution in [2.24, 2.45) is 0 Å².